The molecule has 3 rings (SSSR count). The summed E-state index contributed by atoms with van der Waals surface area (Å²) in [7, 11) is 0. The Morgan fingerprint density at radius 2 is 1.80 bits per heavy atom. The van der Waals surface area contributed by atoms with Crippen molar-refractivity contribution in [2.45, 2.75) is 12.8 Å². The molecule has 1 N–H and O–H groups in total. The largest absolute Gasteiger partial charge is 0.271 e. The summed E-state index contributed by atoms with van der Waals surface area (Å²) in [5.74, 6) is -0.186. The zero-order valence-corrected chi connectivity index (χ0v) is 12.4. The van der Waals surface area contributed by atoms with Crippen molar-refractivity contribution >= 4 is 27.5 Å². The first-order valence-corrected chi connectivity index (χ1v) is 7.24. The molecule has 2 aromatic rings. The lowest BCUT2D eigenvalue weighted by molar-refractivity contribution is 0.0955. The molecule has 0 aliphatic heterocycles. The minimum absolute atomic E-state index is 0.186. The third-order valence-electron chi connectivity index (χ3n) is 3.36. The van der Waals surface area contributed by atoms with Crippen LogP contribution in [0.2, 0.25) is 0 Å². The molecule has 0 atom stereocenters. The number of hydrogen-bond donors (Lipinski definition) is 1. The predicted molar refractivity (Wildman–Crippen MR) is 82.9 cm³/mol. The summed E-state index contributed by atoms with van der Waals surface area (Å²) in [6.07, 6.45) is 1.86. The molecule has 0 saturated heterocycles. The average Bonchev–Trinajstić information content (AvgIpc) is 2.89. The van der Waals surface area contributed by atoms with Crippen molar-refractivity contribution in [3.05, 3.63) is 69.7 Å². The Morgan fingerprint density at radius 1 is 1.05 bits per heavy atom. The van der Waals surface area contributed by atoms with Crippen LogP contribution in [-0.4, -0.2) is 11.6 Å². The lowest BCUT2D eigenvalue weighted by atomic mass is 10.1. The summed E-state index contributed by atoms with van der Waals surface area (Å²) in [6, 6.07) is 15.4. The summed E-state index contributed by atoms with van der Waals surface area (Å²) in [5.41, 5.74) is 6.62. The predicted octanol–water partition coefficient (Wildman–Crippen LogP) is 3.53. The molecule has 0 saturated carbocycles. The second kappa shape index (κ2) is 5.59. The van der Waals surface area contributed by atoms with Gasteiger partial charge in [0.25, 0.3) is 5.91 Å². The number of amides is 1. The first-order valence-electron chi connectivity index (χ1n) is 6.45. The third-order valence-corrected chi connectivity index (χ3v) is 3.89. The lowest BCUT2D eigenvalue weighted by Gasteiger charge is -2.03. The van der Waals surface area contributed by atoms with Crippen LogP contribution in [-0.2, 0) is 6.42 Å². The van der Waals surface area contributed by atoms with Gasteiger partial charge in [-0.05, 0) is 42.7 Å². The summed E-state index contributed by atoms with van der Waals surface area (Å²) in [5, 5.41) is 4.27. The van der Waals surface area contributed by atoms with Crippen LogP contribution in [0.1, 0.15) is 27.9 Å². The van der Waals surface area contributed by atoms with Crippen LogP contribution in [0.4, 0.5) is 0 Å². The van der Waals surface area contributed by atoms with Gasteiger partial charge in [0.2, 0.25) is 0 Å². The molecule has 3 nitrogen and oxygen atoms in total. The number of nitrogens with one attached hydrogen (secondary N) is 1. The number of nitrogens with zero attached hydrogens (tertiary/aromatic N) is 1. The van der Waals surface area contributed by atoms with Gasteiger partial charge in [-0.3, -0.25) is 4.79 Å². The Kier molecular flexibility index (Phi) is 3.65. The zero-order valence-electron chi connectivity index (χ0n) is 10.8. The number of halogens is 1. The highest BCUT2D eigenvalue weighted by molar-refractivity contribution is 9.10. The second-order valence-corrected chi connectivity index (χ2v) is 5.58. The molecule has 0 spiro atoms. The van der Waals surface area contributed by atoms with Crippen LogP contribution in [0, 0.1) is 0 Å². The Hall–Kier alpha value is -1.94. The molecule has 20 heavy (non-hydrogen) atoms. The Labute approximate surface area is 125 Å². The van der Waals surface area contributed by atoms with E-state index in [0.29, 0.717) is 5.56 Å². The topological polar surface area (TPSA) is 41.5 Å². The summed E-state index contributed by atoms with van der Waals surface area (Å²) < 4.78 is 0.949. The smallest absolute Gasteiger partial charge is 0.267 e. The number of carbonyl (C=O) groups is 1. The Balaban J connectivity index is 1.75. The maximum Gasteiger partial charge on any atom is 0.271 e. The van der Waals surface area contributed by atoms with Crippen molar-refractivity contribution in [1.29, 1.82) is 0 Å². The highest BCUT2D eigenvalue weighted by Gasteiger charge is 2.17. The van der Waals surface area contributed by atoms with Gasteiger partial charge in [0.05, 0.1) is 5.71 Å². The SMILES string of the molecule is O=C(N/N=C1\CCc2ccccc21)c1ccc(Br)cc1. The molecule has 1 amide bonds. The van der Waals surface area contributed by atoms with E-state index in [1.54, 1.807) is 12.1 Å². The summed E-state index contributed by atoms with van der Waals surface area (Å²) in [6.45, 7) is 0. The van der Waals surface area contributed by atoms with E-state index in [1.165, 1.54) is 5.56 Å². The van der Waals surface area contributed by atoms with Gasteiger partial charge in [-0.2, -0.15) is 5.10 Å². The first-order chi connectivity index (χ1) is 9.74. The molecule has 4 heteroatoms. The number of hydrazone groups is 1. The summed E-state index contributed by atoms with van der Waals surface area (Å²) in [4.78, 5) is 12.0. The van der Waals surface area contributed by atoms with Crippen LogP contribution in [0.3, 0.4) is 0 Å². The molecular formula is C16H13BrN2O. The van der Waals surface area contributed by atoms with Gasteiger partial charge in [0, 0.05) is 15.6 Å². The van der Waals surface area contributed by atoms with E-state index in [4.69, 9.17) is 0 Å². The molecule has 2 aromatic carbocycles. The van der Waals surface area contributed by atoms with E-state index in [0.717, 1.165) is 28.6 Å². The molecule has 1 aliphatic rings. The van der Waals surface area contributed by atoms with E-state index in [9.17, 15) is 4.79 Å². The van der Waals surface area contributed by atoms with Crippen LogP contribution in [0.5, 0.6) is 0 Å². The summed E-state index contributed by atoms with van der Waals surface area (Å²) >= 11 is 3.35. The van der Waals surface area contributed by atoms with E-state index < -0.39 is 0 Å². The van der Waals surface area contributed by atoms with Gasteiger partial charge in [-0.15, -0.1) is 0 Å². The molecule has 0 heterocycles. The standard InChI is InChI=1S/C16H13BrN2O/c17-13-8-5-12(6-9-13)16(20)19-18-15-10-7-11-3-1-2-4-14(11)15/h1-6,8-9H,7,10H2,(H,19,20)/b18-15+. The molecule has 0 radical (unpaired) electrons. The maximum absolute atomic E-state index is 12.0. The number of hydrogen-bond acceptors (Lipinski definition) is 2. The van der Waals surface area contributed by atoms with Gasteiger partial charge < -0.3 is 0 Å². The van der Waals surface area contributed by atoms with Crippen LogP contribution >= 0.6 is 15.9 Å². The molecule has 0 aromatic heterocycles. The van der Waals surface area contributed by atoms with Crippen molar-refractivity contribution in [3.8, 4) is 0 Å². The third kappa shape index (κ3) is 2.65. The number of fused-ring (bicyclic) bond motifs is 1. The molecule has 100 valence electrons. The van der Waals surface area contributed by atoms with E-state index in [-0.39, 0.29) is 5.91 Å². The van der Waals surface area contributed by atoms with Crippen LogP contribution < -0.4 is 5.43 Å². The van der Waals surface area contributed by atoms with Crippen molar-refractivity contribution in [2.75, 3.05) is 0 Å². The minimum Gasteiger partial charge on any atom is -0.267 e. The molecular weight excluding hydrogens is 316 g/mol. The van der Waals surface area contributed by atoms with Crippen molar-refractivity contribution in [2.24, 2.45) is 5.10 Å². The number of carbonyl (C=O) groups excluding carboxylic acids is 1. The van der Waals surface area contributed by atoms with E-state index >= 15 is 0 Å². The van der Waals surface area contributed by atoms with Crippen LogP contribution in [0.25, 0.3) is 0 Å². The van der Waals surface area contributed by atoms with Crippen molar-refractivity contribution in [1.82, 2.24) is 5.43 Å². The second-order valence-electron chi connectivity index (χ2n) is 4.66. The van der Waals surface area contributed by atoms with Gasteiger partial charge in [0.15, 0.2) is 0 Å². The fourth-order valence-corrected chi connectivity index (χ4v) is 2.57. The number of aryl methyl sites for hydroxylation is 1. The molecule has 1 aliphatic carbocycles. The Bertz CT molecular complexity index is 677. The van der Waals surface area contributed by atoms with Crippen molar-refractivity contribution < 1.29 is 4.79 Å². The lowest BCUT2D eigenvalue weighted by Crippen LogP contribution is -2.19. The highest BCUT2D eigenvalue weighted by Crippen LogP contribution is 2.21. The number of rotatable bonds is 2. The quantitative estimate of drug-likeness (QED) is 0.842. The fourth-order valence-electron chi connectivity index (χ4n) is 2.31. The first kappa shape index (κ1) is 13.1. The zero-order chi connectivity index (χ0) is 13.9. The van der Waals surface area contributed by atoms with Gasteiger partial charge >= 0.3 is 0 Å². The van der Waals surface area contributed by atoms with Crippen molar-refractivity contribution in [3.63, 3.8) is 0 Å². The Morgan fingerprint density at radius 3 is 2.60 bits per heavy atom. The molecule has 0 fully saturated rings. The van der Waals surface area contributed by atoms with E-state index in [1.807, 2.05) is 30.3 Å². The van der Waals surface area contributed by atoms with E-state index in [2.05, 4.69) is 32.5 Å². The average molecular weight is 329 g/mol. The highest BCUT2D eigenvalue weighted by atomic mass is 79.9. The minimum atomic E-state index is -0.186. The van der Waals surface area contributed by atoms with Gasteiger partial charge in [-0.1, -0.05) is 40.2 Å². The molecule has 0 bridgehead atoms. The van der Waals surface area contributed by atoms with Gasteiger partial charge in [0.1, 0.15) is 0 Å². The molecule has 0 unspecified atom stereocenters. The fraction of sp³-hybridized carbons (Fsp3) is 0.125. The monoisotopic (exact) mass is 328 g/mol. The van der Waals surface area contributed by atoms with Crippen LogP contribution in [0.15, 0.2) is 58.1 Å². The normalized spacial score (nSPS) is 15.2. The maximum atomic E-state index is 12.0. The number of benzene rings is 2. The van der Waals surface area contributed by atoms with Gasteiger partial charge in [-0.25, -0.2) is 5.43 Å².